The molecule has 0 spiro atoms. The van der Waals surface area contributed by atoms with Gasteiger partial charge in [0.2, 0.25) is 0 Å². The average molecular weight is 741 g/mol. The van der Waals surface area contributed by atoms with Gasteiger partial charge in [0, 0.05) is 18.4 Å². The molecule has 280 valence electrons. The second-order valence-corrected chi connectivity index (χ2v) is 19.8. The zero-order valence-electron chi connectivity index (χ0n) is 31.8. The van der Waals surface area contributed by atoms with Gasteiger partial charge in [0.1, 0.15) is 11.7 Å². The second-order valence-electron chi connectivity index (χ2n) is 15.5. The topological polar surface area (TPSA) is 63.2 Å². The summed E-state index contributed by atoms with van der Waals surface area (Å²) in [7, 11) is -2.95. The summed E-state index contributed by atoms with van der Waals surface area (Å²) in [6, 6.07) is 51.8. The van der Waals surface area contributed by atoms with Gasteiger partial charge in [-0.2, -0.15) is 0 Å². The third-order valence-electron chi connectivity index (χ3n) is 11.2. The van der Waals surface area contributed by atoms with Gasteiger partial charge in [-0.1, -0.05) is 172 Å². The lowest BCUT2D eigenvalue weighted by molar-refractivity contribution is -0.172. The lowest BCUT2D eigenvalue weighted by atomic mass is 9.95. The highest BCUT2D eigenvalue weighted by Crippen LogP contribution is 2.68. The van der Waals surface area contributed by atoms with E-state index in [4.69, 9.17) is 23.4 Å². The minimum atomic E-state index is -2.95. The minimum absolute atomic E-state index is 0.233. The van der Waals surface area contributed by atoms with Gasteiger partial charge in [-0.25, -0.2) is 0 Å². The Bertz CT molecular complexity index is 1880. The minimum Gasteiger partial charge on any atom is -0.466 e. The standard InChI is InChI=1S/C47H52O6Si/c1-5-49-45(48)42-41-40(34-53-54(46(2,3)4,38-27-17-9-18-28-38)39-29-19-10-20-30-39)43(50-31-35-21-11-6-12-22-35)44(51-32-36-23-13-7-14-24-36)47(41,42)52-33-37-25-15-8-16-26-37/h6-30,40-44H,5,31-34H2,1-4H3/t40-,41+,42-,43+,44-,47-/m0/s1. The monoisotopic (exact) mass is 740 g/mol. The molecule has 5 aromatic carbocycles. The van der Waals surface area contributed by atoms with E-state index in [9.17, 15) is 4.79 Å². The van der Waals surface area contributed by atoms with Crippen molar-refractivity contribution in [1.29, 1.82) is 0 Å². The molecule has 0 bridgehead atoms. The lowest BCUT2D eigenvalue weighted by Crippen LogP contribution is -2.67. The molecule has 2 saturated carbocycles. The highest BCUT2D eigenvalue weighted by Gasteiger charge is 2.83. The molecule has 0 heterocycles. The fourth-order valence-electron chi connectivity index (χ4n) is 8.80. The Morgan fingerprint density at radius 3 is 1.54 bits per heavy atom. The van der Waals surface area contributed by atoms with Crippen LogP contribution in [-0.4, -0.2) is 45.3 Å². The quantitative estimate of drug-likeness (QED) is 0.0753. The Hall–Kier alpha value is -4.37. The summed E-state index contributed by atoms with van der Waals surface area (Å²) in [5.41, 5.74) is 2.15. The molecule has 0 aromatic heterocycles. The number of fused-ring (bicyclic) bond motifs is 1. The number of hydrogen-bond acceptors (Lipinski definition) is 6. The molecule has 0 unspecified atom stereocenters. The van der Waals surface area contributed by atoms with Crippen molar-refractivity contribution in [3.05, 3.63) is 168 Å². The number of esters is 1. The Morgan fingerprint density at radius 2 is 1.07 bits per heavy atom. The molecule has 5 aromatic rings. The molecule has 2 aliphatic carbocycles. The molecule has 0 N–H and O–H groups in total. The molecule has 6 nitrogen and oxygen atoms in total. The van der Waals surface area contributed by atoms with Crippen LogP contribution in [0.2, 0.25) is 5.04 Å². The number of ether oxygens (including phenoxy) is 4. The van der Waals surface area contributed by atoms with Gasteiger partial charge >= 0.3 is 5.97 Å². The summed E-state index contributed by atoms with van der Waals surface area (Å²) in [6.07, 6.45) is -1.00. The van der Waals surface area contributed by atoms with Crippen LogP contribution >= 0.6 is 0 Å². The van der Waals surface area contributed by atoms with E-state index in [1.807, 2.05) is 61.5 Å². The Balaban J connectivity index is 1.33. The first-order valence-corrected chi connectivity index (χ1v) is 21.1. The summed E-state index contributed by atoms with van der Waals surface area (Å²) >= 11 is 0. The first-order chi connectivity index (χ1) is 26.3. The van der Waals surface area contributed by atoms with Crippen molar-refractivity contribution in [2.24, 2.45) is 17.8 Å². The summed E-state index contributed by atoms with van der Waals surface area (Å²) < 4.78 is 34.5. The third kappa shape index (κ3) is 7.48. The van der Waals surface area contributed by atoms with Gasteiger partial charge < -0.3 is 23.4 Å². The van der Waals surface area contributed by atoms with E-state index in [0.717, 1.165) is 16.7 Å². The lowest BCUT2D eigenvalue weighted by Gasteiger charge is -2.44. The van der Waals surface area contributed by atoms with Gasteiger partial charge in [0.05, 0.1) is 38.4 Å². The van der Waals surface area contributed by atoms with Gasteiger partial charge in [0.25, 0.3) is 8.32 Å². The van der Waals surface area contributed by atoms with Crippen LogP contribution in [0.25, 0.3) is 0 Å². The van der Waals surface area contributed by atoms with E-state index in [1.165, 1.54) is 10.4 Å². The summed E-state index contributed by atoms with van der Waals surface area (Å²) in [5, 5.41) is 2.16. The maximum atomic E-state index is 14.1. The maximum Gasteiger partial charge on any atom is 0.312 e. The van der Waals surface area contributed by atoms with Crippen LogP contribution in [0.5, 0.6) is 0 Å². The SMILES string of the molecule is CCOC(=O)[C@@H]1[C@H]2[C@H](CO[Si](c3ccccc3)(c3ccccc3)C(C)(C)C)[C@@H](OCc3ccccc3)[C@H](OCc3ccccc3)[C@]21OCc1ccccc1. The summed E-state index contributed by atoms with van der Waals surface area (Å²) in [6.45, 7) is 10.4. The van der Waals surface area contributed by atoms with Crippen LogP contribution in [0.4, 0.5) is 0 Å². The molecule has 0 amide bonds. The van der Waals surface area contributed by atoms with Crippen molar-refractivity contribution in [2.75, 3.05) is 13.2 Å². The van der Waals surface area contributed by atoms with E-state index in [0.29, 0.717) is 26.4 Å². The number of carbonyl (C=O) groups excluding carboxylic acids is 1. The number of carbonyl (C=O) groups is 1. The van der Waals surface area contributed by atoms with E-state index in [-0.39, 0.29) is 29.5 Å². The summed E-state index contributed by atoms with van der Waals surface area (Å²) in [5.74, 6) is -1.28. The molecule has 2 fully saturated rings. The zero-order chi connectivity index (χ0) is 37.6. The molecule has 0 saturated heterocycles. The van der Waals surface area contributed by atoms with Gasteiger partial charge in [-0.15, -0.1) is 0 Å². The number of hydrogen-bond donors (Lipinski definition) is 0. The molecule has 0 radical (unpaired) electrons. The molecule has 7 heteroatoms. The van der Waals surface area contributed by atoms with Crippen molar-refractivity contribution in [2.45, 2.75) is 70.4 Å². The number of benzene rings is 5. The van der Waals surface area contributed by atoms with Crippen molar-refractivity contribution < 1.29 is 28.2 Å². The van der Waals surface area contributed by atoms with Crippen LogP contribution in [0, 0.1) is 17.8 Å². The van der Waals surface area contributed by atoms with Crippen molar-refractivity contribution >= 4 is 24.7 Å². The van der Waals surface area contributed by atoms with E-state index >= 15 is 0 Å². The Kier molecular flexibility index (Phi) is 11.6. The van der Waals surface area contributed by atoms with Gasteiger partial charge in [0.15, 0.2) is 0 Å². The van der Waals surface area contributed by atoms with Crippen LogP contribution < -0.4 is 10.4 Å². The maximum absolute atomic E-state index is 14.1. The predicted molar refractivity (Wildman–Crippen MR) is 215 cm³/mol. The molecule has 54 heavy (non-hydrogen) atoms. The van der Waals surface area contributed by atoms with Crippen LogP contribution in [0.3, 0.4) is 0 Å². The molecular weight excluding hydrogens is 689 g/mol. The van der Waals surface area contributed by atoms with Crippen LogP contribution in [-0.2, 0) is 48.0 Å². The van der Waals surface area contributed by atoms with Gasteiger partial charge in [-0.05, 0) is 39.0 Å². The molecule has 0 aliphatic heterocycles. The fourth-order valence-corrected chi connectivity index (χ4v) is 13.4. The largest absolute Gasteiger partial charge is 0.466 e. The van der Waals surface area contributed by atoms with Gasteiger partial charge in [-0.3, -0.25) is 4.79 Å². The number of rotatable bonds is 16. The first kappa shape index (κ1) is 37.9. The molecular formula is C47H52O6Si. The second kappa shape index (κ2) is 16.6. The third-order valence-corrected chi connectivity index (χ3v) is 16.2. The van der Waals surface area contributed by atoms with Crippen LogP contribution in [0.1, 0.15) is 44.4 Å². The molecule has 2 aliphatic rings. The average Bonchev–Trinajstić information content (AvgIpc) is 3.80. The van der Waals surface area contributed by atoms with Crippen LogP contribution in [0.15, 0.2) is 152 Å². The van der Waals surface area contributed by atoms with E-state index in [1.54, 1.807) is 0 Å². The molecule has 6 atom stereocenters. The van der Waals surface area contributed by atoms with E-state index < -0.39 is 32.0 Å². The summed E-state index contributed by atoms with van der Waals surface area (Å²) in [4.78, 5) is 14.1. The van der Waals surface area contributed by atoms with Crippen molar-refractivity contribution in [3.8, 4) is 0 Å². The normalized spacial score (nSPS) is 23.4. The predicted octanol–water partition coefficient (Wildman–Crippen LogP) is 8.13. The Morgan fingerprint density at radius 1 is 0.630 bits per heavy atom. The highest BCUT2D eigenvalue weighted by atomic mass is 28.4. The van der Waals surface area contributed by atoms with E-state index in [2.05, 4.69) is 118 Å². The fraction of sp³-hybridized carbons (Fsp3) is 0.340. The highest BCUT2D eigenvalue weighted by molar-refractivity contribution is 6.99. The smallest absolute Gasteiger partial charge is 0.312 e. The van der Waals surface area contributed by atoms with Crippen molar-refractivity contribution in [1.82, 2.24) is 0 Å². The van der Waals surface area contributed by atoms with Crippen molar-refractivity contribution in [3.63, 3.8) is 0 Å². The Labute approximate surface area is 321 Å². The zero-order valence-corrected chi connectivity index (χ0v) is 32.8. The molecule has 7 rings (SSSR count). The first-order valence-electron chi connectivity index (χ1n) is 19.2.